The molecule has 0 N–H and O–H groups in total. The van der Waals surface area contributed by atoms with Crippen molar-refractivity contribution in [2.75, 3.05) is 6.54 Å². The Labute approximate surface area is 98.0 Å². The monoisotopic (exact) mass is 245 g/mol. The second-order valence-corrected chi connectivity index (χ2v) is 3.95. The Kier molecular flexibility index (Phi) is 4.54. The Bertz CT molecular complexity index is 393. The lowest BCUT2D eigenvalue weighted by atomic mass is 10.1. The molecule has 0 atom stereocenters. The van der Waals surface area contributed by atoms with Gasteiger partial charge in [0, 0.05) is 11.6 Å². The summed E-state index contributed by atoms with van der Waals surface area (Å²) in [5, 5.41) is 0. The van der Waals surface area contributed by atoms with E-state index in [4.69, 9.17) is 0 Å². The molecule has 0 aromatic heterocycles. The normalized spacial score (nSPS) is 11.0. The van der Waals surface area contributed by atoms with Crippen LogP contribution in [-0.4, -0.2) is 29.8 Å². The Morgan fingerprint density at radius 2 is 2.00 bits per heavy atom. The molecule has 0 fully saturated rings. The average molecular weight is 245 g/mol. The lowest BCUT2D eigenvalue weighted by Crippen LogP contribution is -2.40. The molecule has 0 aliphatic rings. The highest BCUT2D eigenvalue weighted by molar-refractivity contribution is 5.94. The van der Waals surface area contributed by atoms with Crippen molar-refractivity contribution in [3.05, 3.63) is 35.6 Å². The van der Waals surface area contributed by atoms with Crippen LogP contribution in [0.5, 0.6) is 0 Å². The molecular formula is C12H14F3NO. The number of rotatable bonds is 4. The molecule has 1 aromatic rings. The molecule has 0 aliphatic carbocycles. The van der Waals surface area contributed by atoms with Gasteiger partial charge in [0.15, 0.2) is 0 Å². The van der Waals surface area contributed by atoms with E-state index in [2.05, 4.69) is 0 Å². The van der Waals surface area contributed by atoms with E-state index in [0.29, 0.717) is 0 Å². The van der Waals surface area contributed by atoms with Crippen molar-refractivity contribution in [1.82, 2.24) is 4.90 Å². The second-order valence-electron chi connectivity index (χ2n) is 3.95. The van der Waals surface area contributed by atoms with Gasteiger partial charge in [0.2, 0.25) is 0 Å². The minimum atomic E-state index is -2.60. The van der Waals surface area contributed by atoms with Gasteiger partial charge < -0.3 is 4.90 Å². The molecule has 5 heteroatoms. The largest absolute Gasteiger partial charge is 0.330 e. The third-order valence-electron chi connectivity index (χ3n) is 2.29. The van der Waals surface area contributed by atoms with Crippen LogP contribution in [0.1, 0.15) is 24.2 Å². The van der Waals surface area contributed by atoms with Crippen molar-refractivity contribution in [3.63, 3.8) is 0 Å². The lowest BCUT2D eigenvalue weighted by molar-refractivity contribution is 0.0476. The smallest absolute Gasteiger partial charge is 0.255 e. The van der Waals surface area contributed by atoms with Gasteiger partial charge in [-0.1, -0.05) is 6.07 Å². The number of halogens is 3. The number of hydrogen-bond donors (Lipinski definition) is 0. The highest BCUT2D eigenvalue weighted by atomic mass is 19.3. The zero-order chi connectivity index (χ0) is 13.0. The zero-order valence-corrected chi connectivity index (χ0v) is 9.66. The molecule has 0 bridgehead atoms. The van der Waals surface area contributed by atoms with Crippen molar-refractivity contribution in [2.45, 2.75) is 26.3 Å². The maximum atomic E-state index is 12.9. The SMILES string of the molecule is CC(C)N(CC(F)F)C(=O)c1cccc(F)c1. The summed E-state index contributed by atoms with van der Waals surface area (Å²) >= 11 is 0. The molecule has 0 unspecified atom stereocenters. The quantitative estimate of drug-likeness (QED) is 0.798. The summed E-state index contributed by atoms with van der Waals surface area (Å²) in [7, 11) is 0. The fourth-order valence-electron chi connectivity index (χ4n) is 1.46. The summed E-state index contributed by atoms with van der Waals surface area (Å²) in [4.78, 5) is 12.9. The van der Waals surface area contributed by atoms with Crippen LogP contribution < -0.4 is 0 Å². The van der Waals surface area contributed by atoms with Gasteiger partial charge in [-0.2, -0.15) is 0 Å². The van der Waals surface area contributed by atoms with Crippen LogP contribution >= 0.6 is 0 Å². The molecule has 0 spiro atoms. The molecule has 1 amide bonds. The first-order chi connectivity index (χ1) is 7.91. The number of benzene rings is 1. The summed E-state index contributed by atoms with van der Waals surface area (Å²) < 4.78 is 37.6. The molecule has 0 aliphatic heterocycles. The number of alkyl halides is 2. The van der Waals surface area contributed by atoms with E-state index in [1.165, 1.54) is 18.2 Å². The number of amides is 1. The van der Waals surface area contributed by atoms with Gasteiger partial charge in [0.25, 0.3) is 12.3 Å². The van der Waals surface area contributed by atoms with Crippen molar-refractivity contribution in [1.29, 1.82) is 0 Å². The van der Waals surface area contributed by atoms with Gasteiger partial charge in [-0.25, -0.2) is 13.2 Å². The number of carbonyl (C=O) groups excluding carboxylic acids is 1. The van der Waals surface area contributed by atoms with Crippen LogP contribution in [0, 0.1) is 5.82 Å². The number of hydrogen-bond acceptors (Lipinski definition) is 1. The molecule has 0 radical (unpaired) electrons. The minimum Gasteiger partial charge on any atom is -0.330 e. The summed E-state index contributed by atoms with van der Waals surface area (Å²) in [5.41, 5.74) is 0.0827. The van der Waals surface area contributed by atoms with Gasteiger partial charge in [0.05, 0.1) is 6.54 Å². The topological polar surface area (TPSA) is 20.3 Å². The second kappa shape index (κ2) is 5.70. The predicted octanol–water partition coefficient (Wildman–Crippen LogP) is 2.94. The fraction of sp³-hybridized carbons (Fsp3) is 0.417. The van der Waals surface area contributed by atoms with Crippen molar-refractivity contribution in [3.8, 4) is 0 Å². The van der Waals surface area contributed by atoms with Crippen LogP contribution in [0.25, 0.3) is 0 Å². The van der Waals surface area contributed by atoms with Crippen LogP contribution in [0.2, 0.25) is 0 Å². The molecule has 0 saturated carbocycles. The van der Waals surface area contributed by atoms with Gasteiger partial charge in [0.1, 0.15) is 5.82 Å². The maximum Gasteiger partial charge on any atom is 0.255 e. The van der Waals surface area contributed by atoms with Gasteiger partial charge in [-0.3, -0.25) is 4.79 Å². The van der Waals surface area contributed by atoms with E-state index >= 15 is 0 Å². The van der Waals surface area contributed by atoms with E-state index in [1.54, 1.807) is 13.8 Å². The molecule has 1 rings (SSSR count). The molecule has 1 aromatic carbocycles. The third-order valence-corrected chi connectivity index (χ3v) is 2.29. The van der Waals surface area contributed by atoms with E-state index in [-0.39, 0.29) is 11.6 Å². The highest BCUT2D eigenvalue weighted by Gasteiger charge is 2.22. The Hall–Kier alpha value is -1.52. The zero-order valence-electron chi connectivity index (χ0n) is 9.66. The first-order valence-corrected chi connectivity index (χ1v) is 5.26. The molecule has 0 heterocycles. The van der Waals surface area contributed by atoms with Gasteiger partial charge in [-0.15, -0.1) is 0 Å². The van der Waals surface area contributed by atoms with Gasteiger partial charge >= 0.3 is 0 Å². The van der Waals surface area contributed by atoms with Crippen molar-refractivity contribution < 1.29 is 18.0 Å². The van der Waals surface area contributed by atoms with Crippen LogP contribution in [0.15, 0.2) is 24.3 Å². The Balaban J connectivity index is 2.92. The van der Waals surface area contributed by atoms with E-state index < -0.39 is 24.7 Å². The van der Waals surface area contributed by atoms with E-state index in [0.717, 1.165) is 11.0 Å². The standard InChI is InChI=1S/C12H14F3NO/c1-8(2)16(7-11(14)15)12(17)9-4-3-5-10(13)6-9/h3-6,8,11H,7H2,1-2H3. The Morgan fingerprint density at radius 1 is 1.35 bits per heavy atom. The maximum absolute atomic E-state index is 12.9. The average Bonchev–Trinajstić information content (AvgIpc) is 2.24. The van der Waals surface area contributed by atoms with E-state index in [9.17, 15) is 18.0 Å². The summed E-state index contributed by atoms with van der Waals surface area (Å²) in [5.74, 6) is -1.14. The highest BCUT2D eigenvalue weighted by Crippen LogP contribution is 2.12. The molecule has 17 heavy (non-hydrogen) atoms. The van der Waals surface area contributed by atoms with E-state index in [1.807, 2.05) is 0 Å². The summed E-state index contributed by atoms with van der Waals surface area (Å²) in [6, 6.07) is 4.67. The Morgan fingerprint density at radius 3 is 2.47 bits per heavy atom. The molecule has 94 valence electrons. The third kappa shape index (κ3) is 3.76. The van der Waals surface area contributed by atoms with Crippen LogP contribution in [0.3, 0.4) is 0 Å². The molecular weight excluding hydrogens is 231 g/mol. The fourth-order valence-corrected chi connectivity index (χ4v) is 1.46. The summed E-state index contributed by atoms with van der Waals surface area (Å²) in [6.07, 6.45) is -2.60. The predicted molar refractivity (Wildman–Crippen MR) is 58.6 cm³/mol. The minimum absolute atomic E-state index is 0.0827. The van der Waals surface area contributed by atoms with Crippen LogP contribution in [0.4, 0.5) is 13.2 Å². The first kappa shape index (κ1) is 13.5. The van der Waals surface area contributed by atoms with Gasteiger partial charge in [-0.05, 0) is 32.0 Å². The summed E-state index contributed by atoms with van der Waals surface area (Å²) in [6.45, 7) is 2.63. The van der Waals surface area contributed by atoms with Crippen molar-refractivity contribution in [2.24, 2.45) is 0 Å². The number of nitrogens with zero attached hydrogens (tertiary/aromatic N) is 1. The van der Waals surface area contributed by atoms with Crippen LogP contribution in [-0.2, 0) is 0 Å². The number of carbonyl (C=O) groups is 1. The molecule has 0 saturated heterocycles. The first-order valence-electron chi connectivity index (χ1n) is 5.26. The molecule has 2 nitrogen and oxygen atoms in total. The lowest BCUT2D eigenvalue weighted by Gasteiger charge is -2.26. The van der Waals surface area contributed by atoms with Crippen molar-refractivity contribution >= 4 is 5.91 Å².